The summed E-state index contributed by atoms with van der Waals surface area (Å²) in [5.41, 5.74) is 0.699. The van der Waals surface area contributed by atoms with E-state index < -0.39 is 6.04 Å². The number of benzene rings is 1. The first-order valence-corrected chi connectivity index (χ1v) is 11.0. The van der Waals surface area contributed by atoms with Gasteiger partial charge in [-0.05, 0) is 65.0 Å². The zero-order chi connectivity index (χ0) is 21.3. The minimum absolute atomic E-state index is 0.270. The highest BCUT2D eigenvalue weighted by atomic mass is 79.9. The number of nitrogens with zero attached hydrogens (tertiary/aromatic N) is 3. The van der Waals surface area contributed by atoms with Gasteiger partial charge in [0.25, 0.3) is 5.91 Å². The van der Waals surface area contributed by atoms with Gasteiger partial charge in [-0.1, -0.05) is 23.2 Å². The minimum Gasteiger partial charge on any atom is -0.352 e. The van der Waals surface area contributed by atoms with Crippen molar-refractivity contribution in [1.82, 2.24) is 10.3 Å². The normalized spacial score (nSPS) is 18.2. The van der Waals surface area contributed by atoms with Gasteiger partial charge in [0, 0.05) is 24.2 Å². The Balaban J connectivity index is 1.54. The second kappa shape index (κ2) is 8.91. The molecule has 4 rings (SSSR count). The quantitative estimate of drug-likeness (QED) is 0.600. The molecule has 1 aliphatic heterocycles. The van der Waals surface area contributed by atoms with Crippen molar-refractivity contribution in [3.63, 3.8) is 0 Å². The van der Waals surface area contributed by atoms with Crippen LogP contribution in [0.1, 0.15) is 29.6 Å². The van der Waals surface area contributed by atoms with E-state index in [0.717, 1.165) is 12.8 Å². The van der Waals surface area contributed by atoms with E-state index in [0.29, 0.717) is 50.6 Å². The van der Waals surface area contributed by atoms with E-state index in [1.807, 2.05) is 0 Å². The molecule has 1 saturated carbocycles. The van der Waals surface area contributed by atoms with Gasteiger partial charge in [-0.3, -0.25) is 9.59 Å². The number of anilines is 2. The Kier molecular flexibility index (Phi) is 6.26. The third-order valence-electron chi connectivity index (χ3n) is 4.86. The summed E-state index contributed by atoms with van der Waals surface area (Å²) < 4.78 is 0.600. The molecule has 30 heavy (non-hydrogen) atoms. The van der Waals surface area contributed by atoms with E-state index in [1.54, 1.807) is 36.5 Å². The van der Waals surface area contributed by atoms with Gasteiger partial charge in [0.15, 0.2) is 5.82 Å². The molecule has 1 atom stereocenters. The van der Waals surface area contributed by atoms with Crippen molar-refractivity contribution in [2.45, 2.75) is 25.3 Å². The lowest BCUT2D eigenvalue weighted by atomic mass is 10.1. The van der Waals surface area contributed by atoms with Crippen molar-refractivity contribution in [3.8, 4) is 0 Å². The zero-order valence-corrected chi connectivity index (χ0v) is 18.8. The highest BCUT2D eigenvalue weighted by Crippen LogP contribution is 2.31. The fourth-order valence-electron chi connectivity index (χ4n) is 3.10. The number of nitrogens with one attached hydrogen (secondary N) is 2. The smallest absolute Gasteiger partial charge is 0.253 e. The van der Waals surface area contributed by atoms with Crippen LogP contribution < -0.4 is 15.6 Å². The molecular weight excluding hydrogens is 493 g/mol. The molecule has 0 radical (unpaired) electrons. The van der Waals surface area contributed by atoms with Gasteiger partial charge in [-0.15, -0.1) is 0 Å². The van der Waals surface area contributed by atoms with Gasteiger partial charge in [0.05, 0.1) is 16.3 Å². The lowest BCUT2D eigenvalue weighted by Gasteiger charge is -2.23. The molecule has 1 fully saturated rings. The predicted molar refractivity (Wildman–Crippen MR) is 122 cm³/mol. The Bertz CT molecular complexity index is 1030. The molecule has 1 unspecified atom stereocenters. The van der Waals surface area contributed by atoms with Gasteiger partial charge >= 0.3 is 0 Å². The number of aromatic nitrogens is 1. The molecule has 0 spiro atoms. The number of halogens is 3. The topological polar surface area (TPSA) is 86.7 Å². The molecular formula is C20H18BrCl2N5O2. The molecule has 1 aromatic heterocycles. The van der Waals surface area contributed by atoms with Crippen molar-refractivity contribution in [3.05, 3.63) is 52.1 Å². The SMILES string of the molecule is O=C(NCC1CC1)c1cc(Cl)ccc1NC(=O)C1CC(Br)=NN1c1ncccc1Cl. The second-order valence-electron chi connectivity index (χ2n) is 7.18. The lowest BCUT2D eigenvalue weighted by Crippen LogP contribution is -2.39. The average Bonchev–Trinajstić information content (AvgIpc) is 3.47. The van der Waals surface area contributed by atoms with Crippen LogP contribution in [0.15, 0.2) is 41.6 Å². The fourth-order valence-corrected chi connectivity index (χ4v) is 3.96. The lowest BCUT2D eigenvalue weighted by molar-refractivity contribution is -0.117. The first kappa shape index (κ1) is 21.1. The molecule has 0 bridgehead atoms. The average molecular weight is 511 g/mol. The number of carbonyl (C=O) groups is 2. The molecule has 10 heteroatoms. The summed E-state index contributed by atoms with van der Waals surface area (Å²) in [7, 11) is 0. The van der Waals surface area contributed by atoms with E-state index in [4.69, 9.17) is 23.2 Å². The van der Waals surface area contributed by atoms with Gasteiger partial charge in [0.2, 0.25) is 5.91 Å². The van der Waals surface area contributed by atoms with Crippen LogP contribution in [-0.2, 0) is 4.79 Å². The number of rotatable bonds is 6. The van der Waals surface area contributed by atoms with E-state index in [1.165, 1.54) is 5.01 Å². The molecule has 2 aliphatic rings. The fraction of sp³-hybridized carbons (Fsp3) is 0.300. The monoisotopic (exact) mass is 509 g/mol. The summed E-state index contributed by atoms with van der Waals surface area (Å²) in [4.78, 5) is 30.0. The molecule has 1 aromatic carbocycles. The van der Waals surface area contributed by atoms with Crippen molar-refractivity contribution in [2.75, 3.05) is 16.9 Å². The maximum atomic E-state index is 13.1. The summed E-state index contributed by atoms with van der Waals surface area (Å²) in [6.07, 6.45) is 4.18. The maximum Gasteiger partial charge on any atom is 0.253 e. The molecule has 0 saturated heterocycles. The molecule has 2 aromatic rings. The number of pyridine rings is 1. The highest BCUT2D eigenvalue weighted by molar-refractivity contribution is 9.18. The Morgan fingerprint density at radius 2 is 2.03 bits per heavy atom. The molecule has 2 heterocycles. The predicted octanol–water partition coefficient (Wildman–Crippen LogP) is 4.45. The van der Waals surface area contributed by atoms with E-state index in [9.17, 15) is 9.59 Å². The van der Waals surface area contributed by atoms with Gasteiger partial charge < -0.3 is 10.6 Å². The van der Waals surface area contributed by atoms with Gasteiger partial charge in [-0.25, -0.2) is 9.99 Å². The largest absolute Gasteiger partial charge is 0.352 e. The van der Waals surface area contributed by atoms with Crippen LogP contribution in [-0.4, -0.2) is 34.0 Å². The number of hydrogen-bond acceptors (Lipinski definition) is 5. The van der Waals surface area contributed by atoms with Crippen molar-refractivity contribution in [1.29, 1.82) is 0 Å². The third-order valence-corrected chi connectivity index (χ3v) is 5.88. The van der Waals surface area contributed by atoms with Crippen LogP contribution in [0.3, 0.4) is 0 Å². The molecule has 156 valence electrons. The number of hydrazone groups is 1. The highest BCUT2D eigenvalue weighted by Gasteiger charge is 2.35. The molecule has 1 aliphatic carbocycles. The summed E-state index contributed by atoms with van der Waals surface area (Å²) >= 11 is 15.7. The molecule has 7 nitrogen and oxygen atoms in total. The summed E-state index contributed by atoms with van der Waals surface area (Å²) in [6.45, 7) is 0.619. The van der Waals surface area contributed by atoms with Crippen LogP contribution >= 0.6 is 39.1 Å². The Hall–Kier alpha value is -2.16. The number of hydrogen-bond donors (Lipinski definition) is 2. The van der Waals surface area contributed by atoms with Crippen LogP contribution in [0, 0.1) is 5.92 Å². The van der Waals surface area contributed by atoms with Gasteiger partial charge in [-0.2, -0.15) is 5.10 Å². The Morgan fingerprint density at radius 1 is 1.23 bits per heavy atom. The third kappa shape index (κ3) is 4.77. The Morgan fingerprint density at radius 3 is 2.77 bits per heavy atom. The zero-order valence-electron chi connectivity index (χ0n) is 15.7. The first-order chi connectivity index (χ1) is 14.4. The minimum atomic E-state index is -0.676. The summed E-state index contributed by atoms with van der Waals surface area (Å²) in [5, 5.41) is 12.4. The van der Waals surface area contributed by atoms with E-state index in [-0.39, 0.29) is 11.8 Å². The first-order valence-electron chi connectivity index (χ1n) is 9.43. The van der Waals surface area contributed by atoms with Crippen molar-refractivity contribution >= 4 is 67.1 Å². The Labute approximate surface area is 192 Å². The second-order valence-corrected chi connectivity index (χ2v) is 8.94. The summed E-state index contributed by atoms with van der Waals surface area (Å²) in [6, 6.07) is 7.51. The van der Waals surface area contributed by atoms with Gasteiger partial charge in [0.1, 0.15) is 10.7 Å². The van der Waals surface area contributed by atoms with Crippen LogP contribution in [0.25, 0.3) is 0 Å². The number of carbonyl (C=O) groups excluding carboxylic acids is 2. The van der Waals surface area contributed by atoms with Crippen LogP contribution in [0.4, 0.5) is 11.5 Å². The van der Waals surface area contributed by atoms with E-state index >= 15 is 0 Å². The van der Waals surface area contributed by atoms with Crippen molar-refractivity contribution in [2.24, 2.45) is 11.0 Å². The van der Waals surface area contributed by atoms with Crippen LogP contribution in [0.5, 0.6) is 0 Å². The molecule has 2 amide bonds. The maximum absolute atomic E-state index is 13.1. The van der Waals surface area contributed by atoms with Crippen LogP contribution in [0.2, 0.25) is 10.0 Å². The number of amides is 2. The van der Waals surface area contributed by atoms with E-state index in [2.05, 4.69) is 36.6 Å². The molecule has 2 N–H and O–H groups in total. The van der Waals surface area contributed by atoms with Crippen molar-refractivity contribution < 1.29 is 9.59 Å². The standard InChI is InChI=1S/C20H18BrCl2N5O2/c21-17-9-16(28(27-17)18-14(23)2-1-7-24-18)20(30)26-15-6-5-12(22)8-13(15)19(29)25-10-11-3-4-11/h1-2,5-8,11,16H,3-4,9-10H2,(H,25,29)(H,26,30). The summed E-state index contributed by atoms with van der Waals surface area (Å²) in [5.74, 6) is 0.310.